The van der Waals surface area contributed by atoms with Crippen LogP contribution >= 0.6 is 0 Å². The molecule has 1 saturated carbocycles. The zero-order valence-electron chi connectivity index (χ0n) is 17.1. The summed E-state index contributed by atoms with van der Waals surface area (Å²) in [6.07, 6.45) is 11.0. The van der Waals surface area contributed by atoms with Crippen molar-refractivity contribution in [3.05, 3.63) is 85.5 Å². The quantitative estimate of drug-likeness (QED) is 0.224. The number of carbonyl (C=O) groups is 2. The van der Waals surface area contributed by atoms with Gasteiger partial charge in [0.15, 0.2) is 11.6 Å². The normalized spacial score (nSPS) is 28.8. The highest BCUT2D eigenvalue weighted by Crippen LogP contribution is 2.55. The second-order valence-electron chi connectivity index (χ2n) is 8.16. The van der Waals surface area contributed by atoms with E-state index in [4.69, 9.17) is 4.74 Å². The van der Waals surface area contributed by atoms with Crippen LogP contribution in [0.3, 0.4) is 0 Å². The maximum Gasteiger partial charge on any atom is 0.189 e. The van der Waals surface area contributed by atoms with E-state index in [9.17, 15) is 9.59 Å². The fourth-order valence-corrected chi connectivity index (χ4v) is 5.00. The highest BCUT2D eigenvalue weighted by Gasteiger charge is 2.61. The number of rotatable bonds is 10. The Hall–Kier alpha value is -2.52. The molecule has 1 aromatic carbocycles. The first kappa shape index (κ1) is 21.2. The summed E-state index contributed by atoms with van der Waals surface area (Å²) in [7, 11) is 0. The Labute approximate surface area is 173 Å². The number of Topliss-reactive ketones (excluding diaryl/α,β-unsaturated/α-hetero) is 2. The van der Waals surface area contributed by atoms with E-state index in [1.807, 2.05) is 42.5 Å². The number of benzene rings is 1. The summed E-state index contributed by atoms with van der Waals surface area (Å²) in [5, 5.41) is 0. The highest BCUT2D eigenvalue weighted by molar-refractivity contribution is 6.14. The van der Waals surface area contributed by atoms with E-state index < -0.39 is 11.0 Å². The summed E-state index contributed by atoms with van der Waals surface area (Å²) < 4.78 is 6.07. The molecule has 152 valence electrons. The first-order valence-corrected chi connectivity index (χ1v) is 10.3. The monoisotopic (exact) mass is 390 g/mol. The summed E-state index contributed by atoms with van der Waals surface area (Å²) >= 11 is 0. The molecule has 1 aliphatic heterocycles. The molecule has 3 nitrogen and oxygen atoms in total. The Kier molecular flexibility index (Phi) is 6.49. The summed E-state index contributed by atoms with van der Waals surface area (Å²) in [5.74, 6) is 0.173. The molecule has 2 aliphatic rings. The van der Waals surface area contributed by atoms with Gasteiger partial charge in [0.2, 0.25) is 0 Å². The molecule has 3 atom stereocenters. The molecule has 0 N–H and O–H groups in total. The summed E-state index contributed by atoms with van der Waals surface area (Å²) in [4.78, 5) is 27.6. The van der Waals surface area contributed by atoms with Crippen LogP contribution in [0.2, 0.25) is 0 Å². The molecular weight excluding hydrogens is 360 g/mol. The topological polar surface area (TPSA) is 43.4 Å². The number of carbonyl (C=O) groups excluding carboxylic acids is 2. The molecule has 2 bridgehead atoms. The van der Waals surface area contributed by atoms with E-state index in [2.05, 4.69) is 19.7 Å². The lowest BCUT2D eigenvalue weighted by molar-refractivity contribution is -0.148. The number of ketones is 2. The molecule has 0 aromatic heterocycles. The lowest BCUT2D eigenvalue weighted by Gasteiger charge is -2.44. The van der Waals surface area contributed by atoms with E-state index in [0.29, 0.717) is 49.8 Å². The van der Waals surface area contributed by atoms with Crippen molar-refractivity contribution >= 4 is 11.6 Å². The molecule has 3 unspecified atom stereocenters. The standard InChI is InChI=1S/C26H30O3/c1-4-7-9-14-22(23(27)21-12-10-8-11-13-21)25(15-5-2)17-20-18-26(16-6-3,24(25)28)29-19-20/h4-6,8,10-14,20H,1-3,7,9,15-19H2/b22-14-. The van der Waals surface area contributed by atoms with Crippen molar-refractivity contribution in [2.75, 3.05) is 6.61 Å². The maximum absolute atomic E-state index is 14.0. The van der Waals surface area contributed by atoms with Crippen molar-refractivity contribution in [2.24, 2.45) is 11.3 Å². The number of ether oxygens (including phenoxy) is 1. The third-order valence-corrected chi connectivity index (χ3v) is 6.18. The number of unbranched alkanes of at least 4 members (excludes halogenated alkanes) is 1. The van der Waals surface area contributed by atoms with Gasteiger partial charge in [0.25, 0.3) is 0 Å². The second kappa shape index (κ2) is 8.87. The third-order valence-electron chi connectivity index (χ3n) is 6.18. The van der Waals surface area contributed by atoms with E-state index in [1.165, 1.54) is 0 Å². The van der Waals surface area contributed by atoms with Crippen LogP contribution in [0.4, 0.5) is 0 Å². The zero-order chi connectivity index (χ0) is 20.9. The molecule has 1 saturated heterocycles. The van der Waals surface area contributed by atoms with Crippen molar-refractivity contribution in [2.45, 2.75) is 44.1 Å². The van der Waals surface area contributed by atoms with Crippen LogP contribution in [0.15, 0.2) is 79.9 Å². The third kappa shape index (κ3) is 3.84. The average Bonchev–Trinajstić information content (AvgIpc) is 3.09. The predicted octanol–water partition coefficient (Wildman–Crippen LogP) is 5.65. The van der Waals surface area contributed by atoms with Gasteiger partial charge in [-0.15, -0.1) is 19.7 Å². The number of fused-ring (bicyclic) bond motifs is 2. The van der Waals surface area contributed by atoms with Gasteiger partial charge >= 0.3 is 0 Å². The van der Waals surface area contributed by atoms with Crippen LogP contribution in [0.1, 0.15) is 48.9 Å². The zero-order valence-corrected chi connectivity index (χ0v) is 17.1. The van der Waals surface area contributed by atoms with E-state index in [0.717, 1.165) is 6.42 Å². The molecular formula is C26H30O3. The molecule has 0 spiro atoms. The van der Waals surface area contributed by atoms with Gasteiger partial charge in [-0.2, -0.15) is 0 Å². The minimum absolute atomic E-state index is 0.00711. The molecule has 3 heteroatoms. The van der Waals surface area contributed by atoms with Crippen LogP contribution in [-0.4, -0.2) is 23.8 Å². The first-order valence-electron chi connectivity index (χ1n) is 10.3. The minimum atomic E-state index is -0.904. The Morgan fingerprint density at radius 1 is 1.03 bits per heavy atom. The fourth-order valence-electron chi connectivity index (χ4n) is 5.00. The summed E-state index contributed by atoms with van der Waals surface area (Å²) in [6.45, 7) is 12.1. The number of hydrogen-bond donors (Lipinski definition) is 0. The minimum Gasteiger partial charge on any atom is -0.367 e. The van der Waals surface area contributed by atoms with Crippen LogP contribution < -0.4 is 0 Å². The summed E-state index contributed by atoms with van der Waals surface area (Å²) in [5.41, 5.74) is -0.593. The van der Waals surface area contributed by atoms with Gasteiger partial charge in [0, 0.05) is 17.6 Å². The molecule has 1 aromatic rings. The lowest BCUT2D eigenvalue weighted by atomic mass is 9.57. The Balaban J connectivity index is 2.13. The van der Waals surface area contributed by atoms with E-state index in [1.54, 1.807) is 12.2 Å². The van der Waals surface area contributed by atoms with Crippen molar-refractivity contribution in [1.29, 1.82) is 0 Å². The molecule has 1 aliphatic carbocycles. The van der Waals surface area contributed by atoms with Gasteiger partial charge in [0.1, 0.15) is 5.60 Å². The van der Waals surface area contributed by atoms with Crippen LogP contribution in [-0.2, 0) is 9.53 Å². The first-order chi connectivity index (χ1) is 14.0. The predicted molar refractivity (Wildman–Crippen MR) is 117 cm³/mol. The molecule has 3 rings (SSSR count). The molecule has 2 fully saturated rings. The molecule has 29 heavy (non-hydrogen) atoms. The Morgan fingerprint density at radius 2 is 1.76 bits per heavy atom. The van der Waals surface area contributed by atoms with Gasteiger partial charge in [0.05, 0.1) is 12.0 Å². The van der Waals surface area contributed by atoms with Crippen molar-refractivity contribution in [1.82, 2.24) is 0 Å². The van der Waals surface area contributed by atoms with Crippen molar-refractivity contribution in [3.8, 4) is 0 Å². The highest BCUT2D eigenvalue weighted by atomic mass is 16.5. The summed E-state index contributed by atoms with van der Waals surface area (Å²) in [6, 6.07) is 9.20. The molecule has 0 amide bonds. The fraction of sp³-hybridized carbons (Fsp3) is 0.385. The Morgan fingerprint density at radius 3 is 2.41 bits per heavy atom. The van der Waals surface area contributed by atoms with Gasteiger partial charge < -0.3 is 4.74 Å². The second-order valence-corrected chi connectivity index (χ2v) is 8.16. The number of hydrogen-bond acceptors (Lipinski definition) is 3. The van der Waals surface area contributed by atoms with Gasteiger partial charge in [-0.05, 0) is 38.0 Å². The Bertz CT molecular complexity index is 835. The smallest absolute Gasteiger partial charge is 0.189 e. The van der Waals surface area contributed by atoms with Crippen LogP contribution in [0, 0.1) is 11.3 Å². The van der Waals surface area contributed by atoms with E-state index >= 15 is 0 Å². The van der Waals surface area contributed by atoms with Crippen LogP contribution in [0.25, 0.3) is 0 Å². The maximum atomic E-state index is 14.0. The van der Waals surface area contributed by atoms with Crippen LogP contribution in [0.5, 0.6) is 0 Å². The average molecular weight is 391 g/mol. The van der Waals surface area contributed by atoms with E-state index in [-0.39, 0.29) is 17.5 Å². The van der Waals surface area contributed by atoms with Crippen molar-refractivity contribution < 1.29 is 14.3 Å². The lowest BCUT2D eigenvalue weighted by Crippen LogP contribution is -2.53. The molecule has 0 radical (unpaired) electrons. The van der Waals surface area contributed by atoms with Gasteiger partial charge in [-0.25, -0.2) is 0 Å². The van der Waals surface area contributed by atoms with Crippen molar-refractivity contribution in [3.63, 3.8) is 0 Å². The number of allylic oxidation sites excluding steroid dienone is 4. The van der Waals surface area contributed by atoms with Gasteiger partial charge in [-0.1, -0.05) is 54.6 Å². The SMILES string of the molecule is C=CCC/C=C(/C(=O)c1ccccc1)C1(CC=C)CC2COC(CC=C)(C2)C1=O. The molecule has 1 heterocycles. The van der Waals surface area contributed by atoms with Gasteiger partial charge in [-0.3, -0.25) is 9.59 Å². The largest absolute Gasteiger partial charge is 0.367 e.